The van der Waals surface area contributed by atoms with Gasteiger partial charge in [0.2, 0.25) is 5.91 Å². The van der Waals surface area contributed by atoms with Crippen LogP contribution in [0.1, 0.15) is 53.4 Å². The van der Waals surface area contributed by atoms with E-state index >= 15 is 0 Å². The minimum atomic E-state index is -0.284. The Bertz CT molecular complexity index is 508. The van der Waals surface area contributed by atoms with Crippen LogP contribution in [-0.2, 0) is 9.53 Å². The van der Waals surface area contributed by atoms with Gasteiger partial charge in [-0.2, -0.15) is 0 Å². The Balaban J connectivity index is 1.59. The van der Waals surface area contributed by atoms with Crippen molar-refractivity contribution in [2.45, 2.75) is 38.0 Å². The Morgan fingerprint density at radius 2 is 2.25 bits per heavy atom. The number of thiazole rings is 1. The molecule has 0 unspecified atom stereocenters. The first-order chi connectivity index (χ1) is 9.74. The van der Waals surface area contributed by atoms with Gasteiger partial charge >= 0.3 is 5.97 Å². The van der Waals surface area contributed by atoms with E-state index in [-0.39, 0.29) is 17.8 Å². The summed E-state index contributed by atoms with van der Waals surface area (Å²) >= 11 is 1.36. The Morgan fingerprint density at radius 3 is 2.95 bits per heavy atom. The number of carbonyl (C=O) groups is 2. The monoisotopic (exact) mass is 294 g/mol. The maximum absolute atomic E-state index is 12.2. The molecule has 6 heteroatoms. The summed E-state index contributed by atoms with van der Waals surface area (Å²) < 4.78 is 5.36. The van der Waals surface area contributed by atoms with Gasteiger partial charge in [0.25, 0.3) is 0 Å². The predicted molar refractivity (Wildman–Crippen MR) is 74.7 cm³/mol. The van der Waals surface area contributed by atoms with Gasteiger partial charge in [-0.05, 0) is 12.8 Å². The van der Waals surface area contributed by atoms with Crippen LogP contribution in [0.5, 0.6) is 0 Å². The lowest BCUT2D eigenvalue weighted by atomic mass is 10.0. The van der Waals surface area contributed by atoms with Gasteiger partial charge in [-0.15, -0.1) is 11.3 Å². The maximum atomic E-state index is 12.2. The fraction of sp³-hybridized carbons (Fsp3) is 0.643. The number of hydrogen-bond donors (Lipinski definition) is 1. The molecular weight excluding hydrogens is 276 g/mol. The quantitative estimate of drug-likeness (QED) is 0.863. The van der Waals surface area contributed by atoms with Gasteiger partial charge in [0, 0.05) is 24.8 Å². The molecule has 0 spiro atoms. The highest BCUT2D eigenvalue weighted by molar-refractivity contribution is 7.11. The normalized spacial score (nSPS) is 23.0. The smallest absolute Gasteiger partial charge is 0.350 e. The Labute approximate surface area is 121 Å². The van der Waals surface area contributed by atoms with Crippen LogP contribution in [0.15, 0.2) is 5.51 Å². The second kappa shape index (κ2) is 5.91. The number of nitrogens with one attached hydrogen (secondary N) is 1. The molecule has 1 N–H and O–H groups in total. The van der Waals surface area contributed by atoms with Crippen LogP contribution in [0, 0.1) is 5.92 Å². The predicted octanol–water partition coefficient (Wildman–Crippen LogP) is 2.09. The number of rotatable bonds is 4. The first kappa shape index (κ1) is 13.5. The molecular formula is C14H18N2O3S. The molecule has 2 aliphatic rings. The van der Waals surface area contributed by atoms with Gasteiger partial charge in [-0.3, -0.25) is 4.79 Å². The zero-order valence-corrected chi connectivity index (χ0v) is 12.1. The van der Waals surface area contributed by atoms with Crippen molar-refractivity contribution in [2.75, 3.05) is 13.2 Å². The standard InChI is InChI=1S/C14H18N2O3S/c17-11-5-9(6-15-11)7-19-14(18)13-12(16-8-20-13)10-3-1-2-4-10/h8-10H,1-7H2,(H,15,17)/t9-/m0/s1. The second-order valence-corrected chi connectivity index (χ2v) is 6.38. The number of hydrogen-bond acceptors (Lipinski definition) is 5. The molecule has 5 nitrogen and oxygen atoms in total. The van der Waals surface area contributed by atoms with Crippen molar-refractivity contribution in [1.29, 1.82) is 0 Å². The Hall–Kier alpha value is -1.43. The van der Waals surface area contributed by atoms with Crippen LogP contribution >= 0.6 is 11.3 Å². The molecule has 0 bridgehead atoms. The first-order valence-electron chi connectivity index (χ1n) is 7.11. The van der Waals surface area contributed by atoms with E-state index in [1.165, 1.54) is 24.2 Å². The van der Waals surface area contributed by atoms with Crippen molar-refractivity contribution < 1.29 is 14.3 Å². The molecule has 1 amide bonds. The van der Waals surface area contributed by atoms with Gasteiger partial charge in [0.15, 0.2) is 0 Å². The van der Waals surface area contributed by atoms with E-state index in [0.29, 0.717) is 30.4 Å². The Kier molecular flexibility index (Phi) is 4.00. The largest absolute Gasteiger partial charge is 0.461 e. The number of carbonyl (C=O) groups excluding carboxylic acids is 2. The van der Waals surface area contributed by atoms with Crippen molar-refractivity contribution in [3.8, 4) is 0 Å². The molecule has 3 rings (SSSR count). The molecule has 2 heterocycles. The van der Waals surface area contributed by atoms with Crippen LogP contribution in [0.3, 0.4) is 0 Å². The lowest BCUT2D eigenvalue weighted by Crippen LogP contribution is -2.18. The van der Waals surface area contributed by atoms with Crippen molar-refractivity contribution >= 4 is 23.2 Å². The van der Waals surface area contributed by atoms with Crippen LogP contribution in [0.25, 0.3) is 0 Å². The number of ether oxygens (including phenoxy) is 1. The molecule has 1 saturated heterocycles. The average molecular weight is 294 g/mol. The third kappa shape index (κ3) is 2.85. The molecule has 20 heavy (non-hydrogen) atoms. The van der Waals surface area contributed by atoms with Crippen LogP contribution in [0.2, 0.25) is 0 Å². The summed E-state index contributed by atoms with van der Waals surface area (Å²) in [6.45, 7) is 0.907. The third-order valence-corrected chi connectivity index (χ3v) is 4.86. The summed E-state index contributed by atoms with van der Waals surface area (Å²) in [5.41, 5.74) is 2.64. The van der Waals surface area contributed by atoms with Gasteiger partial charge < -0.3 is 10.1 Å². The zero-order chi connectivity index (χ0) is 13.9. The zero-order valence-electron chi connectivity index (χ0n) is 11.3. The molecule has 0 radical (unpaired) electrons. The molecule has 2 fully saturated rings. The maximum Gasteiger partial charge on any atom is 0.350 e. The summed E-state index contributed by atoms with van der Waals surface area (Å²) in [4.78, 5) is 28.3. The van der Waals surface area contributed by atoms with Crippen molar-refractivity contribution in [2.24, 2.45) is 5.92 Å². The molecule has 1 saturated carbocycles. The summed E-state index contributed by atoms with van der Waals surface area (Å²) in [5.74, 6) is 0.275. The fourth-order valence-electron chi connectivity index (χ4n) is 2.94. The van der Waals surface area contributed by atoms with E-state index < -0.39 is 0 Å². The number of nitrogens with zero attached hydrogens (tertiary/aromatic N) is 1. The summed E-state index contributed by atoms with van der Waals surface area (Å²) in [7, 11) is 0. The van der Waals surface area contributed by atoms with E-state index in [4.69, 9.17) is 4.74 Å². The van der Waals surface area contributed by atoms with Crippen LogP contribution in [-0.4, -0.2) is 30.0 Å². The van der Waals surface area contributed by atoms with Crippen molar-refractivity contribution in [3.63, 3.8) is 0 Å². The third-order valence-electron chi connectivity index (χ3n) is 4.03. The second-order valence-electron chi connectivity index (χ2n) is 5.52. The van der Waals surface area contributed by atoms with Crippen LogP contribution in [0.4, 0.5) is 0 Å². The summed E-state index contributed by atoms with van der Waals surface area (Å²) in [5, 5.41) is 2.74. The molecule has 1 aromatic heterocycles. The van der Waals surface area contributed by atoms with Crippen molar-refractivity contribution in [3.05, 3.63) is 16.1 Å². The van der Waals surface area contributed by atoms with Crippen LogP contribution < -0.4 is 5.32 Å². The van der Waals surface area contributed by atoms with E-state index in [1.54, 1.807) is 5.51 Å². The fourth-order valence-corrected chi connectivity index (χ4v) is 3.71. The molecule has 1 aromatic rings. The SMILES string of the molecule is O=C1C[C@H](COC(=O)c2scnc2C2CCCC2)CN1. The first-order valence-corrected chi connectivity index (χ1v) is 7.99. The van der Waals surface area contributed by atoms with Crippen molar-refractivity contribution in [1.82, 2.24) is 10.3 Å². The number of amides is 1. The number of esters is 1. The van der Waals surface area contributed by atoms with E-state index in [0.717, 1.165) is 18.5 Å². The van der Waals surface area contributed by atoms with Gasteiger partial charge in [0.05, 0.1) is 17.8 Å². The topological polar surface area (TPSA) is 68.3 Å². The highest BCUT2D eigenvalue weighted by atomic mass is 32.1. The molecule has 0 aromatic carbocycles. The minimum absolute atomic E-state index is 0.0375. The highest BCUT2D eigenvalue weighted by Gasteiger charge is 2.27. The van der Waals surface area contributed by atoms with Gasteiger partial charge in [0.1, 0.15) is 4.88 Å². The molecule has 1 aliphatic heterocycles. The average Bonchev–Trinajstić information content (AvgIpc) is 3.16. The Morgan fingerprint density at radius 1 is 1.45 bits per heavy atom. The van der Waals surface area contributed by atoms with Gasteiger partial charge in [-0.1, -0.05) is 12.8 Å². The minimum Gasteiger partial charge on any atom is -0.461 e. The van der Waals surface area contributed by atoms with E-state index in [1.807, 2.05) is 0 Å². The summed E-state index contributed by atoms with van der Waals surface area (Å²) in [6, 6.07) is 0. The highest BCUT2D eigenvalue weighted by Crippen LogP contribution is 2.36. The molecule has 108 valence electrons. The van der Waals surface area contributed by atoms with E-state index in [2.05, 4.69) is 10.3 Å². The molecule has 1 aliphatic carbocycles. The lowest BCUT2D eigenvalue weighted by Gasteiger charge is -2.10. The number of aromatic nitrogens is 1. The molecule has 1 atom stereocenters. The van der Waals surface area contributed by atoms with E-state index in [9.17, 15) is 9.59 Å². The summed E-state index contributed by atoms with van der Waals surface area (Å²) in [6.07, 6.45) is 5.11. The lowest BCUT2D eigenvalue weighted by molar-refractivity contribution is -0.119. The van der Waals surface area contributed by atoms with Gasteiger partial charge in [-0.25, -0.2) is 9.78 Å².